The van der Waals surface area contributed by atoms with Crippen molar-refractivity contribution in [1.82, 2.24) is 15.6 Å². The summed E-state index contributed by atoms with van der Waals surface area (Å²) in [4.78, 5) is 30.5. The molecule has 0 atom stereocenters. The molecular formula is C29H31ClN6O2. The third kappa shape index (κ3) is 6.77. The van der Waals surface area contributed by atoms with E-state index < -0.39 is 11.8 Å². The monoisotopic (exact) mass is 530 g/mol. The van der Waals surface area contributed by atoms with E-state index in [1.54, 1.807) is 25.2 Å². The number of hydrogen-bond acceptors (Lipinski definition) is 6. The van der Waals surface area contributed by atoms with Gasteiger partial charge in [0, 0.05) is 30.9 Å². The molecule has 1 aliphatic rings. The summed E-state index contributed by atoms with van der Waals surface area (Å²) >= 11 is 6.40. The highest BCUT2D eigenvalue weighted by atomic mass is 35.5. The topological polar surface area (TPSA) is 119 Å². The number of rotatable bonds is 10. The molecule has 1 aromatic heterocycles. The summed E-state index contributed by atoms with van der Waals surface area (Å²) in [5.74, 6) is -0.126. The van der Waals surface area contributed by atoms with Gasteiger partial charge in [0.1, 0.15) is 17.4 Å². The quantitative estimate of drug-likeness (QED) is 0.223. The van der Waals surface area contributed by atoms with Gasteiger partial charge in [-0.25, -0.2) is 4.98 Å². The van der Waals surface area contributed by atoms with E-state index in [1.165, 1.54) is 6.08 Å². The second-order valence-corrected chi connectivity index (χ2v) is 10.0. The number of para-hydroxylation sites is 1. The van der Waals surface area contributed by atoms with E-state index in [0.29, 0.717) is 23.7 Å². The van der Waals surface area contributed by atoms with Crippen LogP contribution in [0.4, 0.5) is 11.5 Å². The Balaban J connectivity index is 1.55. The van der Waals surface area contributed by atoms with Crippen LogP contribution in [0.3, 0.4) is 0 Å². The second-order valence-electron chi connectivity index (χ2n) is 9.62. The Morgan fingerprint density at radius 2 is 1.84 bits per heavy atom. The molecule has 38 heavy (non-hydrogen) atoms. The Bertz CT molecular complexity index is 1370. The maximum atomic E-state index is 13.3. The summed E-state index contributed by atoms with van der Waals surface area (Å²) in [6, 6.07) is 19.8. The van der Waals surface area contributed by atoms with E-state index in [2.05, 4.69) is 33.2 Å². The minimum absolute atomic E-state index is 0.0856. The van der Waals surface area contributed by atoms with Crippen molar-refractivity contribution in [3.63, 3.8) is 0 Å². The predicted molar refractivity (Wildman–Crippen MR) is 153 cm³/mol. The number of hydrogen-bond donors (Lipinski definition) is 5. The molecular weight excluding hydrogens is 500 g/mol. The second kappa shape index (κ2) is 11.9. The number of halogens is 1. The smallest absolute Gasteiger partial charge is 0.269 e. The van der Waals surface area contributed by atoms with Crippen molar-refractivity contribution in [2.45, 2.75) is 26.2 Å². The summed E-state index contributed by atoms with van der Waals surface area (Å²) < 4.78 is 0. The maximum absolute atomic E-state index is 13.3. The number of benzene rings is 2. The van der Waals surface area contributed by atoms with Crippen molar-refractivity contribution < 1.29 is 9.59 Å². The third-order valence-corrected chi connectivity index (χ3v) is 6.91. The predicted octanol–water partition coefficient (Wildman–Crippen LogP) is 5.45. The maximum Gasteiger partial charge on any atom is 0.269 e. The average Bonchev–Trinajstić information content (AvgIpc) is 2.91. The van der Waals surface area contributed by atoms with Crippen molar-refractivity contribution in [1.29, 1.82) is 5.41 Å². The third-order valence-electron chi connectivity index (χ3n) is 6.58. The minimum Gasteiger partial charge on any atom is -0.373 e. The van der Waals surface area contributed by atoms with Gasteiger partial charge in [-0.3, -0.25) is 15.0 Å². The average molecular weight is 531 g/mol. The highest BCUT2D eigenvalue weighted by Gasteiger charge is 2.32. The molecule has 5 N–H and O–H groups in total. The number of nitrogens with zero attached hydrogens (tertiary/aromatic N) is 1. The first kappa shape index (κ1) is 26.9. The van der Waals surface area contributed by atoms with Crippen LogP contribution in [-0.2, 0) is 4.79 Å². The van der Waals surface area contributed by atoms with Gasteiger partial charge in [0.2, 0.25) is 0 Å². The normalized spacial score (nSPS) is 14.1. The Hall–Kier alpha value is -4.17. The molecule has 1 fully saturated rings. The Kier molecular flexibility index (Phi) is 8.43. The van der Waals surface area contributed by atoms with Crippen LogP contribution in [0.5, 0.6) is 0 Å². The fourth-order valence-electron chi connectivity index (χ4n) is 4.12. The molecule has 3 aromatic rings. The number of carbonyl (C=O) groups is 2. The van der Waals surface area contributed by atoms with E-state index in [1.807, 2.05) is 48.5 Å². The minimum atomic E-state index is -0.504. The molecule has 196 valence electrons. The summed E-state index contributed by atoms with van der Waals surface area (Å²) in [6.07, 6.45) is 4.57. The summed E-state index contributed by atoms with van der Waals surface area (Å²) in [7, 11) is 1.78. The van der Waals surface area contributed by atoms with Crippen molar-refractivity contribution in [3.8, 4) is 11.3 Å². The molecule has 0 saturated heterocycles. The zero-order valence-corrected chi connectivity index (χ0v) is 22.2. The van der Waals surface area contributed by atoms with Gasteiger partial charge in [0.05, 0.1) is 16.3 Å². The molecule has 2 aromatic carbocycles. The van der Waals surface area contributed by atoms with Gasteiger partial charge in [-0.15, -0.1) is 0 Å². The van der Waals surface area contributed by atoms with Crippen molar-refractivity contribution >= 4 is 40.6 Å². The van der Waals surface area contributed by atoms with E-state index in [-0.39, 0.29) is 27.5 Å². The number of aromatic nitrogens is 1. The molecule has 0 spiro atoms. The lowest BCUT2D eigenvalue weighted by atomic mass is 9.70. The van der Waals surface area contributed by atoms with Crippen LogP contribution in [0.2, 0.25) is 5.02 Å². The summed E-state index contributed by atoms with van der Waals surface area (Å²) in [5.41, 5.74) is 2.12. The van der Waals surface area contributed by atoms with Crippen molar-refractivity contribution in [3.05, 3.63) is 89.2 Å². The van der Waals surface area contributed by atoms with E-state index in [0.717, 1.165) is 24.8 Å². The highest BCUT2D eigenvalue weighted by Crippen LogP contribution is 2.39. The number of pyridine rings is 1. The molecule has 1 aliphatic carbocycles. The van der Waals surface area contributed by atoms with Gasteiger partial charge < -0.3 is 21.3 Å². The molecule has 4 rings (SSSR count). The fraction of sp³-hybridized carbons (Fsp3) is 0.241. The van der Waals surface area contributed by atoms with Crippen LogP contribution >= 0.6 is 11.6 Å². The van der Waals surface area contributed by atoms with Gasteiger partial charge in [0.15, 0.2) is 0 Å². The first-order chi connectivity index (χ1) is 18.3. The molecule has 9 heteroatoms. The zero-order chi connectivity index (χ0) is 27.1. The van der Waals surface area contributed by atoms with Gasteiger partial charge in [-0.2, -0.15) is 0 Å². The van der Waals surface area contributed by atoms with Crippen LogP contribution in [0.1, 0.15) is 36.5 Å². The standard InChI is InChI=1S/C29H31ClN6O2/c1-29(14-7-15-29)18-33-28(38)23(31)17-26(34-20-8-4-3-5-9-20)36-27(37)21-16-19(12-13-22(21)30)24-10-6-11-25(32-2)35-24/h3-6,8-13,16-17,31,34H,7,14-15,18H2,1-2H3,(H,32,35)(H,33,38)(H,36,37)/b26-17+,31-23?. The lowest BCUT2D eigenvalue weighted by molar-refractivity contribution is -0.115. The first-order valence-electron chi connectivity index (χ1n) is 12.4. The number of anilines is 2. The van der Waals surface area contributed by atoms with Gasteiger partial charge in [-0.05, 0) is 54.7 Å². The van der Waals surface area contributed by atoms with Crippen LogP contribution in [-0.4, -0.2) is 36.1 Å². The molecule has 0 radical (unpaired) electrons. The number of amides is 2. The van der Waals surface area contributed by atoms with E-state index in [9.17, 15) is 9.59 Å². The first-order valence-corrected chi connectivity index (χ1v) is 12.8. The lowest BCUT2D eigenvalue weighted by Crippen LogP contribution is -2.42. The molecule has 1 heterocycles. The van der Waals surface area contributed by atoms with Crippen LogP contribution in [0, 0.1) is 10.8 Å². The summed E-state index contributed by atoms with van der Waals surface area (Å²) in [5, 5.41) is 20.3. The SMILES string of the molecule is CNc1cccc(-c2ccc(Cl)c(C(=O)N/C(=C/C(=N)C(=O)NCC3(C)CCC3)Nc3ccccc3)c2)n1. The van der Waals surface area contributed by atoms with Crippen LogP contribution in [0.25, 0.3) is 11.3 Å². The van der Waals surface area contributed by atoms with Gasteiger partial charge in [0.25, 0.3) is 11.8 Å². The van der Waals surface area contributed by atoms with Crippen LogP contribution in [0.15, 0.2) is 78.6 Å². The molecule has 2 amide bonds. The Labute approximate surface area is 227 Å². The summed E-state index contributed by atoms with van der Waals surface area (Å²) in [6.45, 7) is 2.64. The molecule has 8 nitrogen and oxygen atoms in total. The van der Waals surface area contributed by atoms with Gasteiger partial charge >= 0.3 is 0 Å². The Morgan fingerprint density at radius 1 is 1.08 bits per heavy atom. The number of carbonyl (C=O) groups excluding carboxylic acids is 2. The largest absolute Gasteiger partial charge is 0.373 e. The van der Waals surface area contributed by atoms with Crippen molar-refractivity contribution in [2.24, 2.45) is 5.41 Å². The fourth-order valence-corrected chi connectivity index (χ4v) is 4.32. The molecule has 0 bridgehead atoms. The molecule has 0 aliphatic heterocycles. The van der Waals surface area contributed by atoms with E-state index in [4.69, 9.17) is 17.0 Å². The van der Waals surface area contributed by atoms with Gasteiger partial charge in [-0.1, -0.05) is 55.3 Å². The molecule has 0 unspecified atom stereocenters. The number of nitrogens with one attached hydrogen (secondary N) is 5. The lowest BCUT2D eigenvalue weighted by Gasteiger charge is -2.38. The van der Waals surface area contributed by atoms with Crippen molar-refractivity contribution in [2.75, 3.05) is 24.2 Å². The zero-order valence-electron chi connectivity index (χ0n) is 21.4. The Morgan fingerprint density at radius 3 is 2.53 bits per heavy atom. The van der Waals surface area contributed by atoms with Crippen LogP contribution < -0.4 is 21.3 Å². The molecule has 1 saturated carbocycles. The highest BCUT2D eigenvalue weighted by molar-refractivity contribution is 6.42. The van der Waals surface area contributed by atoms with E-state index >= 15 is 0 Å².